The van der Waals surface area contributed by atoms with E-state index in [2.05, 4.69) is 5.32 Å². The number of aliphatic carboxylic acids is 1. The van der Waals surface area contributed by atoms with E-state index in [0.717, 1.165) is 22.4 Å². The fourth-order valence-corrected chi connectivity index (χ4v) is 3.89. The molecule has 29 heavy (non-hydrogen) atoms. The number of rotatable bonds is 5. The first-order valence-corrected chi connectivity index (χ1v) is 9.90. The van der Waals surface area contributed by atoms with Crippen molar-refractivity contribution in [3.8, 4) is 16.9 Å². The third-order valence-corrected chi connectivity index (χ3v) is 5.46. The lowest BCUT2D eigenvalue weighted by atomic mass is 9.91. The Morgan fingerprint density at radius 1 is 1.14 bits per heavy atom. The largest absolute Gasteiger partial charge is 0.496 e. The van der Waals surface area contributed by atoms with Gasteiger partial charge < -0.3 is 20.1 Å². The van der Waals surface area contributed by atoms with Crippen LogP contribution in [0, 0.1) is 11.8 Å². The Morgan fingerprint density at radius 3 is 2.48 bits per heavy atom. The quantitative estimate of drug-likeness (QED) is 0.795. The smallest absolute Gasteiger partial charge is 0.317 e. The number of ether oxygens (including phenoxy) is 1. The van der Waals surface area contributed by atoms with E-state index >= 15 is 0 Å². The highest BCUT2D eigenvalue weighted by atomic mass is 16.5. The summed E-state index contributed by atoms with van der Waals surface area (Å²) >= 11 is 0. The number of nitrogens with one attached hydrogen (secondary N) is 1. The molecule has 0 bridgehead atoms. The van der Waals surface area contributed by atoms with Crippen molar-refractivity contribution in [2.45, 2.75) is 26.3 Å². The number of piperidine rings is 1. The van der Waals surface area contributed by atoms with Crippen molar-refractivity contribution >= 4 is 12.0 Å². The highest BCUT2D eigenvalue weighted by Gasteiger charge is 2.32. The molecule has 0 aliphatic carbocycles. The highest BCUT2D eigenvalue weighted by molar-refractivity contribution is 5.77. The molecule has 1 fully saturated rings. The van der Waals surface area contributed by atoms with Crippen LogP contribution in [-0.2, 0) is 4.79 Å². The first-order valence-electron chi connectivity index (χ1n) is 9.90. The van der Waals surface area contributed by atoms with Crippen LogP contribution in [-0.4, -0.2) is 42.2 Å². The van der Waals surface area contributed by atoms with Gasteiger partial charge in [0.15, 0.2) is 0 Å². The van der Waals surface area contributed by atoms with Gasteiger partial charge in [0.25, 0.3) is 0 Å². The standard InChI is InChI=1S/C23H28N2O4/c1-15-12-19(22(26)27)14-25(13-15)23(28)24-16(2)17-8-10-18(11-9-17)20-6-4-5-7-21(20)29-3/h4-11,15-16,19H,12-14H2,1-3H3,(H,24,28)(H,26,27). The lowest BCUT2D eigenvalue weighted by Crippen LogP contribution is -2.49. The van der Waals surface area contributed by atoms with E-state index < -0.39 is 11.9 Å². The number of carboxylic acid groups (broad SMARTS) is 1. The van der Waals surface area contributed by atoms with Gasteiger partial charge in [-0.3, -0.25) is 4.79 Å². The van der Waals surface area contributed by atoms with Crippen molar-refractivity contribution in [2.24, 2.45) is 11.8 Å². The van der Waals surface area contributed by atoms with Crippen molar-refractivity contribution in [1.82, 2.24) is 10.2 Å². The summed E-state index contributed by atoms with van der Waals surface area (Å²) in [5, 5.41) is 12.3. The highest BCUT2D eigenvalue weighted by Crippen LogP contribution is 2.30. The van der Waals surface area contributed by atoms with Crippen molar-refractivity contribution in [1.29, 1.82) is 0 Å². The molecule has 0 radical (unpaired) electrons. The molecule has 2 aromatic carbocycles. The first-order chi connectivity index (χ1) is 13.9. The van der Waals surface area contributed by atoms with Gasteiger partial charge in [0.2, 0.25) is 0 Å². The van der Waals surface area contributed by atoms with Crippen LogP contribution in [0.4, 0.5) is 4.79 Å². The average molecular weight is 396 g/mol. The molecule has 0 saturated carbocycles. The topological polar surface area (TPSA) is 78.9 Å². The summed E-state index contributed by atoms with van der Waals surface area (Å²) < 4.78 is 5.43. The minimum Gasteiger partial charge on any atom is -0.496 e. The van der Waals surface area contributed by atoms with Crippen LogP contribution in [0.15, 0.2) is 48.5 Å². The second-order valence-corrected chi connectivity index (χ2v) is 7.77. The zero-order chi connectivity index (χ0) is 21.0. The molecular weight excluding hydrogens is 368 g/mol. The van der Waals surface area contributed by atoms with Crippen LogP contribution in [0.25, 0.3) is 11.1 Å². The summed E-state index contributed by atoms with van der Waals surface area (Å²) in [5.74, 6) is -0.353. The van der Waals surface area contributed by atoms with Crippen molar-refractivity contribution < 1.29 is 19.4 Å². The Hall–Kier alpha value is -3.02. The van der Waals surface area contributed by atoms with E-state index in [1.54, 1.807) is 12.0 Å². The number of hydrogen-bond donors (Lipinski definition) is 2. The third-order valence-electron chi connectivity index (χ3n) is 5.46. The Labute approximate surface area is 171 Å². The number of benzene rings is 2. The van der Waals surface area contributed by atoms with E-state index in [0.29, 0.717) is 13.0 Å². The van der Waals surface area contributed by atoms with E-state index in [4.69, 9.17) is 4.74 Å². The number of hydrogen-bond acceptors (Lipinski definition) is 3. The molecule has 3 unspecified atom stereocenters. The number of nitrogens with zero attached hydrogens (tertiary/aromatic N) is 1. The van der Waals surface area contributed by atoms with E-state index in [1.165, 1.54) is 0 Å². The molecule has 1 aliphatic rings. The van der Waals surface area contributed by atoms with E-state index in [1.807, 2.05) is 62.4 Å². The number of carbonyl (C=O) groups is 2. The molecule has 2 amide bonds. The fourth-order valence-electron chi connectivity index (χ4n) is 3.89. The lowest BCUT2D eigenvalue weighted by Gasteiger charge is -2.35. The second-order valence-electron chi connectivity index (χ2n) is 7.77. The Kier molecular flexibility index (Phi) is 6.42. The normalized spacial score (nSPS) is 20.0. The average Bonchev–Trinajstić information content (AvgIpc) is 2.73. The minimum absolute atomic E-state index is 0.172. The monoisotopic (exact) mass is 396 g/mol. The molecule has 6 heteroatoms. The number of methoxy groups -OCH3 is 1. The molecule has 2 aromatic rings. The second kappa shape index (κ2) is 8.99. The van der Waals surface area contributed by atoms with Gasteiger partial charge in [-0.1, -0.05) is 49.4 Å². The van der Waals surface area contributed by atoms with Gasteiger partial charge in [0.1, 0.15) is 5.75 Å². The van der Waals surface area contributed by atoms with Crippen LogP contribution >= 0.6 is 0 Å². The van der Waals surface area contributed by atoms with Gasteiger partial charge in [-0.05, 0) is 36.5 Å². The van der Waals surface area contributed by atoms with Crippen molar-refractivity contribution in [2.75, 3.05) is 20.2 Å². The summed E-state index contributed by atoms with van der Waals surface area (Å²) in [6.45, 7) is 4.74. The first kappa shape index (κ1) is 20.7. The summed E-state index contributed by atoms with van der Waals surface area (Å²) in [6, 6.07) is 15.4. The number of amides is 2. The Bertz CT molecular complexity index is 865. The van der Waals surface area contributed by atoms with Crippen molar-refractivity contribution in [3.05, 3.63) is 54.1 Å². The Morgan fingerprint density at radius 2 is 1.83 bits per heavy atom. The number of likely N-dealkylation sites (tertiary alicyclic amines) is 1. The predicted molar refractivity (Wildman–Crippen MR) is 112 cm³/mol. The molecule has 154 valence electrons. The molecule has 0 aromatic heterocycles. The Balaban J connectivity index is 1.67. The molecule has 0 spiro atoms. The maximum atomic E-state index is 12.7. The summed E-state index contributed by atoms with van der Waals surface area (Å²) in [6.07, 6.45) is 0.610. The number of urea groups is 1. The minimum atomic E-state index is -0.839. The van der Waals surface area contributed by atoms with Gasteiger partial charge in [-0.15, -0.1) is 0 Å². The van der Waals surface area contributed by atoms with Crippen LogP contribution in [0.1, 0.15) is 31.9 Å². The zero-order valence-electron chi connectivity index (χ0n) is 17.1. The molecule has 3 atom stereocenters. The van der Waals surface area contributed by atoms with Crippen LogP contribution in [0.5, 0.6) is 5.75 Å². The SMILES string of the molecule is COc1ccccc1-c1ccc(C(C)NC(=O)N2CC(C)CC(C(=O)O)C2)cc1. The molecule has 3 rings (SSSR count). The number of para-hydroxylation sites is 1. The summed E-state index contributed by atoms with van der Waals surface area (Å²) in [5.41, 5.74) is 3.04. The predicted octanol–water partition coefficient (Wildman–Crippen LogP) is 4.18. The lowest BCUT2D eigenvalue weighted by molar-refractivity contribution is -0.143. The zero-order valence-corrected chi connectivity index (χ0v) is 17.1. The molecule has 1 heterocycles. The van der Waals surface area contributed by atoms with Crippen LogP contribution < -0.4 is 10.1 Å². The molecule has 1 saturated heterocycles. The third kappa shape index (κ3) is 4.88. The summed E-state index contributed by atoms with van der Waals surface area (Å²) in [4.78, 5) is 25.6. The van der Waals surface area contributed by atoms with E-state index in [9.17, 15) is 14.7 Å². The van der Waals surface area contributed by atoms with Gasteiger partial charge in [-0.25, -0.2) is 4.79 Å². The van der Waals surface area contributed by atoms with Gasteiger partial charge >= 0.3 is 12.0 Å². The van der Waals surface area contributed by atoms with Crippen molar-refractivity contribution in [3.63, 3.8) is 0 Å². The van der Waals surface area contributed by atoms with Crippen LogP contribution in [0.3, 0.4) is 0 Å². The molecule has 2 N–H and O–H groups in total. The maximum absolute atomic E-state index is 12.7. The number of carbonyl (C=O) groups excluding carboxylic acids is 1. The number of carboxylic acids is 1. The maximum Gasteiger partial charge on any atom is 0.317 e. The van der Waals surface area contributed by atoms with Crippen LogP contribution in [0.2, 0.25) is 0 Å². The molecule has 1 aliphatic heterocycles. The molecule has 6 nitrogen and oxygen atoms in total. The summed E-state index contributed by atoms with van der Waals surface area (Å²) in [7, 11) is 1.65. The van der Waals surface area contributed by atoms with Gasteiger partial charge in [0, 0.05) is 18.7 Å². The van der Waals surface area contributed by atoms with Gasteiger partial charge in [0.05, 0.1) is 19.1 Å². The molecular formula is C23H28N2O4. The fraction of sp³-hybridized carbons (Fsp3) is 0.391. The van der Waals surface area contributed by atoms with E-state index in [-0.39, 0.29) is 24.5 Å². The van der Waals surface area contributed by atoms with Gasteiger partial charge in [-0.2, -0.15) is 0 Å².